The molecule has 8 atom stereocenters. The normalized spacial score (nSPS) is 44.2. The van der Waals surface area contributed by atoms with Crippen LogP contribution in [0, 0.1) is 125 Å². The fourth-order valence-electron chi connectivity index (χ4n) is 4.03. The van der Waals surface area contributed by atoms with E-state index in [4.69, 9.17) is 31.8 Å². The fraction of sp³-hybridized carbons (Fsp3) is 0.810. The third kappa shape index (κ3) is 6.01. The summed E-state index contributed by atoms with van der Waals surface area (Å²) in [4.78, 5) is 0. The third-order valence-electron chi connectivity index (χ3n) is 6.05. The monoisotopic (exact) mass is 834 g/mol. The Morgan fingerprint density at radius 1 is 0.828 bits per heavy atom. The van der Waals surface area contributed by atoms with Gasteiger partial charge in [-0.05, 0) is 26.7 Å². The van der Waals surface area contributed by atoms with Gasteiger partial charge < -0.3 is 29.2 Å². The molecule has 2 N–H and O–H groups in total. The van der Waals surface area contributed by atoms with Gasteiger partial charge in [0.2, 0.25) is 0 Å². The molecule has 3 aliphatic rings. The predicted molar refractivity (Wildman–Crippen MR) is 100 cm³/mol. The van der Waals surface area contributed by atoms with Gasteiger partial charge in [-0.15, -0.1) is 12.8 Å². The van der Waals surface area contributed by atoms with Crippen LogP contribution in [0.5, 0.6) is 0 Å². The first-order valence-corrected chi connectivity index (χ1v) is 9.54. The van der Waals surface area contributed by atoms with Crippen LogP contribution in [-0.2, 0) is 18.9 Å². The summed E-state index contributed by atoms with van der Waals surface area (Å²) in [7, 11) is 0. The van der Waals surface area contributed by atoms with Gasteiger partial charge in [-0.2, -0.15) is 0 Å². The molecule has 0 saturated carbocycles. The van der Waals surface area contributed by atoms with Gasteiger partial charge in [0, 0.05) is 100.0 Å². The summed E-state index contributed by atoms with van der Waals surface area (Å²) in [6, 6.07) is 0. The van der Waals surface area contributed by atoms with Gasteiger partial charge in [0.15, 0.2) is 18.4 Å². The molecule has 3 saturated heterocycles. The van der Waals surface area contributed by atoms with E-state index >= 15 is 0 Å². The second kappa shape index (κ2) is 11.8. The van der Waals surface area contributed by atoms with Gasteiger partial charge in [0.25, 0.3) is 0 Å². The van der Waals surface area contributed by atoms with E-state index in [2.05, 4.69) is 18.8 Å². The third-order valence-corrected chi connectivity index (χ3v) is 6.05. The zero-order chi connectivity index (χ0) is 20.6. The minimum atomic E-state index is -1.14. The van der Waals surface area contributed by atoms with Crippen LogP contribution in [0.15, 0.2) is 0 Å². The molecule has 8 heteroatoms. The first-order valence-electron chi connectivity index (χ1n) is 9.54. The molecule has 0 aromatic heterocycles. The molecular formula is C21H32Ac2O6. The van der Waals surface area contributed by atoms with Gasteiger partial charge >= 0.3 is 0 Å². The van der Waals surface area contributed by atoms with Crippen molar-refractivity contribution in [2.75, 3.05) is 0 Å². The van der Waals surface area contributed by atoms with Crippen molar-refractivity contribution in [2.24, 2.45) is 11.8 Å². The summed E-state index contributed by atoms with van der Waals surface area (Å²) in [5.74, 6) is 4.63. The topological polar surface area (TPSA) is 77.4 Å². The maximum absolute atomic E-state index is 9.39. The molecule has 158 valence electrons. The van der Waals surface area contributed by atoms with Crippen LogP contribution in [0.4, 0.5) is 0 Å². The Kier molecular flexibility index (Phi) is 12.5. The number of fused-ring (bicyclic) bond motifs is 1. The largest absolute Gasteiger partial charge is 0.387 e. The van der Waals surface area contributed by atoms with Gasteiger partial charge in [-0.25, -0.2) is 0 Å². The average molecular weight is 834 g/mol. The zero-order valence-corrected chi connectivity index (χ0v) is 27.7. The first kappa shape index (κ1) is 30.8. The van der Waals surface area contributed by atoms with Crippen molar-refractivity contribution >= 4 is 0 Å². The summed E-state index contributed by atoms with van der Waals surface area (Å²) in [5, 5.41) is 18.6. The Morgan fingerprint density at radius 3 is 1.62 bits per heavy atom. The molecule has 0 spiro atoms. The molecule has 0 amide bonds. The Morgan fingerprint density at radius 2 is 1.31 bits per heavy atom. The van der Waals surface area contributed by atoms with E-state index in [-0.39, 0.29) is 112 Å². The fourth-order valence-corrected chi connectivity index (χ4v) is 4.03. The minimum absolute atomic E-state index is 0. The molecule has 3 heterocycles. The van der Waals surface area contributed by atoms with Crippen LogP contribution in [-0.4, -0.2) is 52.0 Å². The van der Waals surface area contributed by atoms with Gasteiger partial charge in [0.1, 0.15) is 23.4 Å². The van der Waals surface area contributed by atoms with Crippen molar-refractivity contribution in [3.8, 4) is 24.7 Å². The smallest absolute Gasteiger partial charge is 0.189 e. The van der Waals surface area contributed by atoms with Crippen LogP contribution >= 0.6 is 0 Å². The number of hydrogen-bond donors (Lipinski definition) is 2. The summed E-state index contributed by atoms with van der Waals surface area (Å²) in [6.45, 7) is 11.5. The molecule has 6 nitrogen and oxygen atoms in total. The molecule has 5 unspecified atom stereocenters. The predicted octanol–water partition coefficient (Wildman–Crippen LogP) is 2.03. The summed E-state index contributed by atoms with van der Waals surface area (Å²) in [5.41, 5.74) is -1.31. The molecule has 2 radical (unpaired) electrons. The Balaban J connectivity index is 0.000000518. The van der Waals surface area contributed by atoms with Crippen molar-refractivity contribution < 1.29 is 117 Å². The number of aliphatic hydroxyl groups is 2. The van der Waals surface area contributed by atoms with E-state index in [1.807, 2.05) is 27.7 Å². The van der Waals surface area contributed by atoms with Crippen molar-refractivity contribution in [1.29, 1.82) is 0 Å². The number of terminal acetylenes is 2. The Hall–Kier alpha value is 1.76. The summed E-state index contributed by atoms with van der Waals surface area (Å²) >= 11 is 0. The van der Waals surface area contributed by atoms with Crippen LogP contribution in [0.3, 0.4) is 0 Å². The van der Waals surface area contributed by atoms with Gasteiger partial charge in [-0.3, -0.25) is 0 Å². The quantitative estimate of drug-likeness (QED) is 0.416. The molecule has 0 aliphatic carbocycles. The molecule has 0 aromatic carbocycles. The number of hydrogen-bond acceptors (Lipinski definition) is 6. The molecule has 29 heavy (non-hydrogen) atoms. The number of ether oxygens (including phenoxy) is 4. The van der Waals surface area contributed by atoms with Crippen LogP contribution in [0.25, 0.3) is 0 Å². The van der Waals surface area contributed by atoms with Crippen LogP contribution < -0.4 is 0 Å². The molecule has 0 bridgehead atoms. The van der Waals surface area contributed by atoms with E-state index in [1.54, 1.807) is 6.92 Å². The molecule has 3 rings (SSSR count). The van der Waals surface area contributed by atoms with Crippen LogP contribution in [0.2, 0.25) is 0 Å². The van der Waals surface area contributed by atoms with Crippen LogP contribution in [0.1, 0.15) is 54.4 Å². The Labute approximate surface area is 246 Å². The maximum atomic E-state index is 9.39. The molecule has 3 fully saturated rings. The maximum Gasteiger partial charge on any atom is 0.189 e. The van der Waals surface area contributed by atoms with Crippen molar-refractivity contribution in [3.05, 3.63) is 0 Å². The summed E-state index contributed by atoms with van der Waals surface area (Å²) in [6.07, 6.45) is 9.85. The van der Waals surface area contributed by atoms with Crippen molar-refractivity contribution in [2.45, 2.75) is 96.2 Å². The van der Waals surface area contributed by atoms with E-state index < -0.39 is 29.4 Å². The van der Waals surface area contributed by atoms with E-state index in [0.29, 0.717) is 6.42 Å². The van der Waals surface area contributed by atoms with E-state index in [0.717, 1.165) is 6.42 Å². The average Bonchev–Trinajstić information content (AvgIpc) is 3.16. The first-order chi connectivity index (χ1) is 12.5. The molecule has 0 aromatic rings. The van der Waals surface area contributed by atoms with Crippen molar-refractivity contribution in [1.82, 2.24) is 0 Å². The second-order valence-electron chi connectivity index (χ2n) is 7.94. The van der Waals surface area contributed by atoms with E-state index in [9.17, 15) is 10.2 Å². The summed E-state index contributed by atoms with van der Waals surface area (Å²) < 4.78 is 22.4. The molecular weight excluding hydrogens is 802 g/mol. The van der Waals surface area contributed by atoms with Gasteiger partial charge in [0.05, 0.1) is 0 Å². The van der Waals surface area contributed by atoms with Crippen molar-refractivity contribution in [3.63, 3.8) is 0 Å². The Bertz CT molecular complexity index is 630. The molecule has 3 aliphatic heterocycles. The van der Waals surface area contributed by atoms with Gasteiger partial charge in [-0.1, -0.05) is 39.5 Å². The number of aliphatic hydroxyl groups excluding tert-OH is 2. The SMILES string of the molecule is C#C[C@]1(CC)OC(O)C(O)C1C.C#C[C@]1(CC)O[C@H]2OC(C)(C)OC2C1C.[Ac].[Ac]. The number of rotatable bonds is 2. The second-order valence-corrected chi connectivity index (χ2v) is 7.94. The van der Waals surface area contributed by atoms with E-state index in [1.165, 1.54) is 0 Å². The zero-order valence-electron chi connectivity index (χ0n) is 18.2. The standard InChI is InChI=1S/C12H18O3.C9H14O3.2Ac/c1-6-12(7-2)8(3)9-10(15-12)14-11(4,5)13-9;1-4-9(5-2)6(3)7(10)8(11)12-9;;/h1,8-10H,7H2,2-5H3;1,6-8,10-11H,5H2,2-3H3;;/t8?,9?,10-,12-;6?,7?,8?,9-;;/m11../s1. The minimum Gasteiger partial charge on any atom is -0.387 e.